The van der Waals surface area contributed by atoms with Gasteiger partial charge in [0.05, 0.1) is 0 Å². The number of ether oxygens (including phenoxy) is 1. The summed E-state index contributed by atoms with van der Waals surface area (Å²) in [5.74, 6) is -0.990. The van der Waals surface area contributed by atoms with Crippen molar-refractivity contribution in [3.63, 3.8) is 0 Å². The molecule has 0 aromatic heterocycles. The van der Waals surface area contributed by atoms with Crippen LogP contribution in [0.25, 0.3) is 11.1 Å². The summed E-state index contributed by atoms with van der Waals surface area (Å²) in [6.07, 6.45) is 1.67. The number of amides is 2. The molecule has 0 saturated heterocycles. The topological polar surface area (TPSA) is 95.9 Å². The lowest BCUT2D eigenvalue weighted by molar-refractivity contribution is -0.135. The number of fused-ring (bicyclic) bond motifs is 3. The van der Waals surface area contributed by atoms with Gasteiger partial charge in [-0.1, -0.05) is 68.5 Å². The Morgan fingerprint density at radius 1 is 1.06 bits per heavy atom. The molecule has 0 bridgehead atoms. The maximum Gasteiger partial charge on any atom is 0.407 e. The zero-order valence-corrected chi connectivity index (χ0v) is 19.5. The zero-order valence-electron chi connectivity index (χ0n) is 19.5. The summed E-state index contributed by atoms with van der Waals surface area (Å²) in [7, 11) is 0. The molecule has 178 valence electrons. The summed E-state index contributed by atoms with van der Waals surface area (Å²) in [5.41, 5.74) is 4.54. The summed E-state index contributed by atoms with van der Waals surface area (Å²) in [6, 6.07) is 16.4. The van der Waals surface area contributed by atoms with Gasteiger partial charge in [-0.15, -0.1) is 0 Å². The molecule has 2 N–H and O–H groups in total. The Morgan fingerprint density at radius 3 is 2.24 bits per heavy atom. The highest BCUT2D eigenvalue weighted by Crippen LogP contribution is 2.44. The molecule has 7 nitrogen and oxygen atoms in total. The molecule has 1 aliphatic heterocycles. The fourth-order valence-corrected chi connectivity index (χ4v) is 4.63. The monoisotopic (exact) mass is 462 g/mol. The molecule has 0 fully saturated rings. The molecule has 0 radical (unpaired) electrons. The molecule has 2 amide bonds. The lowest BCUT2D eigenvalue weighted by Crippen LogP contribution is -2.41. The minimum Gasteiger partial charge on any atom is -0.478 e. The molecule has 0 atom stereocenters. The smallest absolute Gasteiger partial charge is 0.407 e. The number of alkyl carbamates (subject to hydrolysis) is 1. The van der Waals surface area contributed by atoms with Gasteiger partial charge in [0.2, 0.25) is 5.91 Å². The number of hydrogen-bond donors (Lipinski definition) is 2. The van der Waals surface area contributed by atoms with Crippen molar-refractivity contribution in [1.29, 1.82) is 0 Å². The third-order valence-corrected chi connectivity index (χ3v) is 6.52. The van der Waals surface area contributed by atoms with E-state index in [1.54, 1.807) is 11.0 Å². The highest BCUT2D eigenvalue weighted by molar-refractivity contribution is 5.87. The minimum atomic E-state index is -0.931. The Labute approximate surface area is 199 Å². The van der Waals surface area contributed by atoms with Crippen molar-refractivity contribution in [3.05, 3.63) is 71.3 Å². The predicted octanol–water partition coefficient (Wildman–Crippen LogP) is 4.18. The average molecular weight is 463 g/mol. The van der Waals surface area contributed by atoms with Gasteiger partial charge in [-0.2, -0.15) is 0 Å². The number of nitrogens with zero attached hydrogens (tertiary/aromatic N) is 1. The van der Waals surface area contributed by atoms with Gasteiger partial charge in [-0.05, 0) is 34.1 Å². The van der Waals surface area contributed by atoms with Gasteiger partial charge in [0.25, 0.3) is 0 Å². The Morgan fingerprint density at radius 2 is 1.68 bits per heavy atom. The second-order valence-corrected chi connectivity index (χ2v) is 9.64. The first kappa shape index (κ1) is 23.5. The van der Waals surface area contributed by atoms with Crippen molar-refractivity contribution in [2.75, 3.05) is 26.2 Å². The number of benzene rings is 2. The van der Waals surface area contributed by atoms with Crippen molar-refractivity contribution in [1.82, 2.24) is 10.2 Å². The van der Waals surface area contributed by atoms with Crippen molar-refractivity contribution >= 4 is 18.0 Å². The third-order valence-electron chi connectivity index (χ3n) is 6.52. The number of hydrogen-bond acceptors (Lipinski definition) is 4. The van der Waals surface area contributed by atoms with E-state index in [0.29, 0.717) is 31.6 Å². The van der Waals surface area contributed by atoms with Crippen LogP contribution in [0.2, 0.25) is 0 Å². The molecule has 1 aliphatic carbocycles. The molecule has 2 aliphatic rings. The SMILES string of the molecule is CC(C)(CNC(=O)OCC1c2ccccc2-c2ccccc21)CC(=O)N1CC=C(C(=O)O)CC1. The van der Waals surface area contributed by atoms with Gasteiger partial charge < -0.3 is 20.1 Å². The van der Waals surface area contributed by atoms with Crippen molar-refractivity contribution in [2.24, 2.45) is 5.41 Å². The van der Waals surface area contributed by atoms with Crippen LogP contribution >= 0.6 is 0 Å². The van der Waals surface area contributed by atoms with Gasteiger partial charge in [0, 0.05) is 37.5 Å². The van der Waals surface area contributed by atoms with E-state index in [0.717, 1.165) is 11.1 Å². The highest BCUT2D eigenvalue weighted by atomic mass is 16.5. The van der Waals surface area contributed by atoms with Crippen LogP contribution in [0.1, 0.15) is 43.7 Å². The summed E-state index contributed by atoms with van der Waals surface area (Å²) in [6.45, 7) is 5.06. The molecule has 0 spiro atoms. The molecule has 4 rings (SSSR count). The van der Waals surface area contributed by atoms with Crippen LogP contribution in [-0.2, 0) is 14.3 Å². The molecular formula is C27H30N2O5. The van der Waals surface area contributed by atoms with Gasteiger partial charge in [0.1, 0.15) is 6.61 Å². The quantitative estimate of drug-likeness (QED) is 0.643. The number of carbonyl (C=O) groups excluding carboxylic acids is 2. The molecule has 0 saturated carbocycles. The first-order valence-corrected chi connectivity index (χ1v) is 11.5. The maximum atomic E-state index is 12.7. The van der Waals surface area contributed by atoms with Crippen LogP contribution in [0.3, 0.4) is 0 Å². The van der Waals surface area contributed by atoms with Crippen LogP contribution in [-0.4, -0.2) is 54.2 Å². The van der Waals surface area contributed by atoms with Crippen molar-refractivity contribution in [3.8, 4) is 11.1 Å². The highest BCUT2D eigenvalue weighted by Gasteiger charge is 2.30. The Hall–Kier alpha value is -3.61. The van der Waals surface area contributed by atoms with E-state index in [9.17, 15) is 14.4 Å². The van der Waals surface area contributed by atoms with E-state index in [4.69, 9.17) is 9.84 Å². The standard InChI is InChI=1S/C27H30N2O5/c1-27(2,15-24(30)29-13-11-18(12-14-29)25(31)32)17-28-26(33)34-16-23-21-9-5-3-7-19(21)20-8-4-6-10-22(20)23/h3-11,23H,12-17H2,1-2H3,(H,28,33)(H,31,32). The van der Waals surface area contributed by atoms with Gasteiger partial charge in [-0.25, -0.2) is 9.59 Å². The third kappa shape index (κ3) is 5.14. The number of nitrogens with one attached hydrogen (secondary N) is 1. The van der Waals surface area contributed by atoms with E-state index in [2.05, 4.69) is 29.6 Å². The Kier molecular flexibility index (Phi) is 6.72. The second kappa shape index (κ2) is 9.71. The first-order valence-electron chi connectivity index (χ1n) is 11.5. The zero-order chi connectivity index (χ0) is 24.3. The molecule has 2 aromatic rings. The second-order valence-electron chi connectivity index (χ2n) is 9.64. The van der Waals surface area contributed by atoms with Gasteiger partial charge in [-0.3, -0.25) is 4.79 Å². The number of carbonyl (C=O) groups is 3. The van der Waals surface area contributed by atoms with Crippen LogP contribution in [0.15, 0.2) is 60.2 Å². The first-order chi connectivity index (χ1) is 16.2. The Bertz CT molecular complexity index is 1090. The van der Waals surface area contributed by atoms with Gasteiger partial charge >= 0.3 is 12.1 Å². The summed E-state index contributed by atoms with van der Waals surface area (Å²) >= 11 is 0. The lowest BCUT2D eigenvalue weighted by atomic mass is 9.88. The molecule has 1 heterocycles. The fourth-order valence-electron chi connectivity index (χ4n) is 4.63. The number of aliphatic carboxylic acids is 1. The number of carboxylic acid groups (broad SMARTS) is 1. The van der Waals surface area contributed by atoms with Crippen LogP contribution in [0.5, 0.6) is 0 Å². The summed E-state index contributed by atoms with van der Waals surface area (Å²) < 4.78 is 5.58. The summed E-state index contributed by atoms with van der Waals surface area (Å²) in [4.78, 5) is 37.8. The van der Waals surface area contributed by atoms with E-state index in [1.165, 1.54) is 11.1 Å². The van der Waals surface area contributed by atoms with E-state index in [1.807, 2.05) is 38.1 Å². The van der Waals surface area contributed by atoms with Crippen LogP contribution in [0, 0.1) is 5.41 Å². The number of rotatable bonds is 7. The minimum absolute atomic E-state index is 0.00409. The number of carboxylic acids is 1. The van der Waals surface area contributed by atoms with E-state index in [-0.39, 0.29) is 24.9 Å². The average Bonchev–Trinajstić information content (AvgIpc) is 3.15. The summed E-state index contributed by atoms with van der Waals surface area (Å²) in [5, 5.41) is 11.9. The largest absolute Gasteiger partial charge is 0.478 e. The van der Waals surface area contributed by atoms with Crippen molar-refractivity contribution in [2.45, 2.75) is 32.6 Å². The molecule has 2 aromatic carbocycles. The Balaban J connectivity index is 1.28. The van der Waals surface area contributed by atoms with E-state index >= 15 is 0 Å². The normalized spacial score (nSPS) is 15.2. The molecule has 34 heavy (non-hydrogen) atoms. The van der Waals surface area contributed by atoms with Crippen LogP contribution in [0.4, 0.5) is 4.79 Å². The predicted molar refractivity (Wildman–Crippen MR) is 128 cm³/mol. The van der Waals surface area contributed by atoms with Crippen LogP contribution < -0.4 is 5.32 Å². The van der Waals surface area contributed by atoms with E-state index < -0.39 is 17.5 Å². The van der Waals surface area contributed by atoms with Crippen molar-refractivity contribution < 1.29 is 24.2 Å². The maximum absolute atomic E-state index is 12.7. The van der Waals surface area contributed by atoms with Gasteiger partial charge in [0.15, 0.2) is 0 Å². The fraction of sp³-hybridized carbons (Fsp3) is 0.370. The molecule has 0 unspecified atom stereocenters. The molecular weight excluding hydrogens is 432 g/mol. The molecule has 7 heteroatoms. The lowest BCUT2D eigenvalue weighted by Gasteiger charge is -2.30.